The number of nitrogens with zero attached hydrogens (tertiary/aromatic N) is 3. The Kier molecular flexibility index (Phi) is 5.97. The summed E-state index contributed by atoms with van der Waals surface area (Å²) in [6.45, 7) is 6.98. The summed E-state index contributed by atoms with van der Waals surface area (Å²) in [5.41, 5.74) is 1.29. The van der Waals surface area contributed by atoms with Gasteiger partial charge in [-0.1, -0.05) is 11.6 Å². The van der Waals surface area contributed by atoms with Gasteiger partial charge < -0.3 is 19.5 Å². The lowest BCUT2D eigenvalue weighted by Gasteiger charge is -2.37. The molecule has 2 saturated heterocycles. The first-order chi connectivity index (χ1) is 14.2. The van der Waals surface area contributed by atoms with Gasteiger partial charge in [-0.25, -0.2) is 9.48 Å². The minimum Gasteiger partial charge on any atom is -0.444 e. The zero-order valence-electron chi connectivity index (χ0n) is 17.8. The van der Waals surface area contributed by atoms with Crippen LogP contribution < -0.4 is 0 Å². The van der Waals surface area contributed by atoms with Crippen LogP contribution in [0.1, 0.15) is 64.2 Å². The normalized spacial score (nSPS) is 25.5. The number of halogens is 1. The minimum absolute atomic E-state index is 0.0655. The van der Waals surface area contributed by atoms with Gasteiger partial charge in [0.15, 0.2) is 6.23 Å². The van der Waals surface area contributed by atoms with Crippen LogP contribution in [0.5, 0.6) is 0 Å². The highest BCUT2D eigenvalue weighted by atomic mass is 35.5. The molecule has 0 spiro atoms. The molecule has 0 bridgehead atoms. The highest BCUT2D eigenvalue weighted by molar-refractivity contribution is 6.32. The number of carbonyl (C=O) groups is 1. The smallest absolute Gasteiger partial charge is 0.410 e. The molecule has 4 rings (SSSR count). The van der Waals surface area contributed by atoms with Gasteiger partial charge in [-0.3, -0.25) is 0 Å². The molecule has 0 unspecified atom stereocenters. The molecule has 2 aliphatic rings. The first-order valence-corrected chi connectivity index (χ1v) is 11.0. The Bertz CT molecular complexity index is 917. The quantitative estimate of drug-likeness (QED) is 0.752. The van der Waals surface area contributed by atoms with Crippen molar-refractivity contribution in [1.29, 1.82) is 0 Å². The summed E-state index contributed by atoms with van der Waals surface area (Å²) in [5, 5.41) is 17.0. The number of hydrogen-bond donors (Lipinski definition) is 1. The summed E-state index contributed by atoms with van der Waals surface area (Å²) in [6, 6.07) is 3.94. The van der Waals surface area contributed by atoms with Crippen molar-refractivity contribution in [2.45, 2.75) is 70.3 Å². The molecule has 1 N–H and O–H groups in total. The molecule has 2 aliphatic heterocycles. The van der Waals surface area contributed by atoms with Crippen LogP contribution in [0.4, 0.5) is 4.79 Å². The van der Waals surface area contributed by atoms with Crippen molar-refractivity contribution < 1.29 is 19.4 Å². The van der Waals surface area contributed by atoms with Gasteiger partial charge in [0.2, 0.25) is 0 Å². The number of benzene rings is 1. The number of fused-ring (bicyclic) bond motifs is 1. The van der Waals surface area contributed by atoms with Gasteiger partial charge in [0.1, 0.15) is 5.60 Å². The fraction of sp³-hybridized carbons (Fsp3) is 0.636. The van der Waals surface area contributed by atoms with E-state index in [0.717, 1.165) is 42.3 Å². The third kappa shape index (κ3) is 4.43. The molecule has 164 valence electrons. The molecule has 2 fully saturated rings. The van der Waals surface area contributed by atoms with Crippen molar-refractivity contribution in [1.82, 2.24) is 14.7 Å². The second-order valence-corrected chi connectivity index (χ2v) is 9.64. The number of amides is 1. The molecule has 3 atom stereocenters. The Balaban J connectivity index is 1.55. The molecule has 3 heterocycles. The van der Waals surface area contributed by atoms with E-state index >= 15 is 0 Å². The minimum atomic E-state index is -0.719. The standard InChI is InChI=1S/C22H30ClN3O4/c1-22(2,3)30-21(28)25-8-7-15(19(27)13-25)16-11-18-14(10-17(16)23)12-24-26(18)20-6-4-5-9-29-20/h10-12,15,19-20,27H,4-9,13H2,1-3H3/t15-,19+,20+/m1/s1. The Hall–Kier alpha value is -1.83. The maximum Gasteiger partial charge on any atom is 0.410 e. The fourth-order valence-corrected chi connectivity index (χ4v) is 4.61. The summed E-state index contributed by atoms with van der Waals surface area (Å²) < 4.78 is 13.3. The molecule has 2 aromatic rings. The number of piperidine rings is 1. The van der Waals surface area contributed by atoms with Crippen molar-refractivity contribution in [3.8, 4) is 0 Å². The fourth-order valence-electron chi connectivity index (χ4n) is 4.30. The second-order valence-electron chi connectivity index (χ2n) is 9.23. The van der Waals surface area contributed by atoms with Gasteiger partial charge in [-0.15, -0.1) is 0 Å². The maximum atomic E-state index is 12.4. The molecular weight excluding hydrogens is 406 g/mol. The lowest BCUT2D eigenvalue weighted by molar-refractivity contribution is -0.0367. The SMILES string of the molecule is CC(C)(C)OC(=O)N1CC[C@H](c2cc3c(cnn3[C@@H]3CCCCO3)cc2Cl)[C@@H](O)C1. The highest BCUT2D eigenvalue weighted by Gasteiger charge is 2.34. The van der Waals surface area contributed by atoms with Crippen LogP contribution in [0.15, 0.2) is 18.3 Å². The number of carbonyl (C=O) groups excluding carboxylic acids is 1. The summed E-state index contributed by atoms with van der Waals surface area (Å²) >= 11 is 6.60. The first kappa shape index (κ1) is 21.4. The summed E-state index contributed by atoms with van der Waals surface area (Å²) in [6.07, 6.45) is 4.38. The first-order valence-electron chi connectivity index (χ1n) is 10.7. The molecule has 0 saturated carbocycles. The van der Waals surface area contributed by atoms with Crippen LogP contribution in [0.25, 0.3) is 10.9 Å². The number of likely N-dealkylation sites (tertiary alicyclic amines) is 1. The summed E-state index contributed by atoms with van der Waals surface area (Å²) in [4.78, 5) is 13.9. The Morgan fingerprint density at radius 3 is 2.77 bits per heavy atom. The van der Waals surface area contributed by atoms with E-state index in [4.69, 9.17) is 21.1 Å². The van der Waals surface area contributed by atoms with Crippen molar-refractivity contribution in [3.05, 3.63) is 28.9 Å². The van der Waals surface area contributed by atoms with Crippen molar-refractivity contribution in [3.63, 3.8) is 0 Å². The molecular formula is C22H30ClN3O4. The van der Waals surface area contributed by atoms with Gasteiger partial charge in [-0.2, -0.15) is 5.10 Å². The van der Waals surface area contributed by atoms with E-state index in [1.54, 1.807) is 4.90 Å². The highest BCUT2D eigenvalue weighted by Crippen LogP contribution is 2.37. The topological polar surface area (TPSA) is 76.8 Å². The van der Waals surface area contributed by atoms with Crippen molar-refractivity contribution in [2.75, 3.05) is 19.7 Å². The lowest BCUT2D eigenvalue weighted by atomic mass is 9.86. The van der Waals surface area contributed by atoms with Crippen LogP contribution in [0, 0.1) is 0 Å². The molecule has 0 aliphatic carbocycles. The molecule has 0 radical (unpaired) electrons. The third-order valence-corrected chi connectivity index (χ3v) is 6.10. The summed E-state index contributed by atoms with van der Waals surface area (Å²) in [5.74, 6) is -0.156. The van der Waals surface area contributed by atoms with Crippen LogP contribution in [0.3, 0.4) is 0 Å². The van der Waals surface area contributed by atoms with E-state index in [2.05, 4.69) is 5.10 Å². The Morgan fingerprint density at radius 2 is 2.10 bits per heavy atom. The van der Waals surface area contributed by atoms with E-state index < -0.39 is 17.8 Å². The lowest BCUT2D eigenvalue weighted by Crippen LogP contribution is -2.47. The molecule has 1 aromatic heterocycles. The molecule has 1 amide bonds. The van der Waals surface area contributed by atoms with Crippen LogP contribution in [-0.4, -0.2) is 57.3 Å². The molecule has 8 heteroatoms. The van der Waals surface area contributed by atoms with E-state index in [-0.39, 0.29) is 18.7 Å². The predicted octanol–water partition coefficient (Wildman–Crippen LogP) is 4.47. The van der Waals surface area contributed by atoms with Gasteiger partial charge in [0, 0.05) is 29.5 Å². The zero-order chi connectivity index (χ0) is 21.5. The van der Waals surface area contributed by atoms with E-state index in [0.29, 0.717) is 18.0 Å². The number of ether oxygens (including phenoxy) is 2. The van der Waals surface area contributed by atoms with Gasteiger partial charge in [0.05, 0.1) is 24.4 Å². The largest absolute Gasteiger partial charge is 0.444 e. The molecule has 7 nitrogen and oxygen atoms in total. The number of hydrogen-bond acceptors (Lipinski definition) is 5. The van der Waals surface area contributed by atoms with Gasteiger partial charge in [-0.05, 0) is 64.2 Å². The summed E-state index contributed by atoms with van der Waals surface area (Å²) in [7, 11) is 0. The van der Waals surface area contributed by atoms with E-state index in [9.17, 15) is 9.90 Å². The Morgan fingerprint density at radius 1 is 1.30 bits per heavy atom. The van der Waals surface area contributed by atoms with Gasteiger partial charge >= 0.3 is 6.09 Å². The van der Waals surface area contributed by atoms with E-state index in [1.165, 1.54) is 0 Å². The number of β-amino-alcohol motifs (C(OH)–C–C–N with tert-alkyl or cyclic N) is 1. The maximum absolute atomic E-state index is 12.4. The third-order valence-electron chi connectivity index (χ3n) is 5.78. The average Bonchev–Trinajstić information content (AvgIpc) is 3.09. The van der Waals surface area contributed by atoms with Crippen molar-refractivity contribution in [2.24, 2.45) is 0 Å². The van der Waals surface area contributed by atoms with Crippen molar-refractivity contribution >= 4 is 28.6 Å². The molecule has 30 heavy (non-hydrogen) atoms. The van der Waals surface area contributed by atoms with E-state index in [1.807, 2.05) is 43.8 Å². The predicted molar refractivity (Wildman–Crippen MR) is 115 cm³/mol. The van der Waals surface area contributed by atoms with Crippen LogP contribution in [0.2, 0.25) is 5.02 Å². The zero-order valence-corrected chi connectivity index (χ0v) is 18.6. The Labute approximate surface area is 181 Å². The number of aliphatic hydroxyl groups excluding tert-OH is 1. The number of aliphatic hydroxyl groups is 1. The second kappa shape index (κ2) is 8.36. The average molecular weight is 436 g/mol. The van der Waals surface area contributed by atoms with Crippen LogP contribution >= 0.6 is 11.6 Å². The monoisotopic (exact) mass is 435 g/mol. The van der Waals surface area contributed by atoms with Gasteiger partial charge in [0.25, 0.3) is 0 Å². The number of aromatic nitrogens is 2. The number of rotatable bonds is 2. The molecule has 1 aromatic carbocycles. The van der Waals surface area contributed by atoms with Crippen LogP contribution in [-0.2, 0) is 9.47 Å².